The van der Waals surface area contributed by atoms with E-state index in [4.69, 9.17) is 0 Å². The van der Waals surface area contributed by atoms with Gasteiger partial charge in [0.15, 0.2) is 5.78 Å². The Bertz CT molecular complexity index is 703. The second-order valence-electron chi connectivity index (χ2n) is 6.02. The monoisotopic (exact) mass is 297 g/mol. The highest BCUT2D eigenvalue weighted by Gasteiger charge is 2.31. The predicted molar refractivity (Wildman–Crippen MR) is 81.8 cm³/mol. The van der Waals surface area contributed by atoms with E-state index in [-0.39, 0.29) is 29.8 Å². The quantitative estimate of drug-likeness (QED) is 0.657. The van der Waals surface area contributed by atoms with Gasteiger partial charge in [0.05, 0.1) is 6.42 Å². The molecular weight excluding hydrogens is 278 g/mol. The highest BCUT2D eigenvalue weighted by molar-refractivity contribution is 6.09. The average molecular weight is 297 g/mol. The van der Waals surface area contributed by atoms with Crippen molar-refractivity contribution in [1.29, 1.82) is 0 Å². The van der Waals surface area contributed by atoms with Gasteiger partial charge in [0.2, 0.25) is 0 Å². The summed E-state index contributed by atoms with van der Waals surface area (Å²) >= 11 is 0. The summed E-state index contributed by atoms with van der Waals surface area (Å²) < 4.78 is 0. The number of aromatic nitrogens is 3. The summed E-state index contributed by atoms with van der Waals surface area (Å²) in [6.07, 6.45) is 3.33. The number of carbonyl (C=O) groups excluding carboxylic acids is 2. The number of rotatable bonds is 6. The van der Waals surface area contributed by atoms with Gasteiger partial charge in [-0.1, -0.05) is 30.7 Å². The molecule has 1 N–H and O–H groups in total. The van der Waals surface area contributed by atoms with Crippen LogP contribution in [0.3, 0.4) is 0 Å². The number of H-pyrrole nitrogens is 1. The van der Waals surface area contributed by atoms with Crippen LogP contribution in [0.4, 0.5) is 0 Å². The zero-order valence-corrected chi connectivity index (χ0v) is 12.8. The van der Waals surface area contributed by atoms with E-state index in [1.807, 2.05) is 32.0 Å². The largest absolute Gasteiger partial charge is 0.299 e. The van der Waals surface area contributed by atoms with Gasteiger partial charge in [-0.25, -0.2) is 4.98 Å². The van der Waals surface area contributed by atoms with Crippen LogP contribution in [0, 0.1) is 12.8 Å². The molecule has 1 unspecified atom stereocenters. The molecule has 1 atom stereocenters. The fourth-order valence-electron chi connectivity index (χ4n) is 2.67. The van der Waals surface area contributed by atoms with Crippen molar-refractivity contribution in [3.05, 3.63) is 47.0 Å². The van der Waals surface area contributed by atoms with Crippen LogP contribution in [-0.2, 0) is 4.79 Å². The third-order valence-corrected chi connectivity index (χ3v) is 4.19. The summed E-state index contributed by atoms with van der Waals surface area (Å²) in [5.74, 6) is 0.734. The fraction of sp³-hybridized carbons (Fsp3) is 0.412. The minimum absolute atomic E-state index is 0.00382. The molecule has 0 spiro atoms. The molecule has 1 aromatic heterocycles. The normalized spacial score (nSPS) is 15.5. The van der Waals surface area contributed by atoms with Crippen LogP contribution in [0.5, 0.6) is 0 Å². The molecule has 0 bridgehead atoms. The maximum Gasteiger partial charge on any atom is 0.170 e. The average Bonchev–Trinajstić information content (AvgIpc) is 3.21. The third kappa shape index (κ3) is 2.98. The van der Waals surface area contributed by atoms with Crippen molar-refractivity contribution in [3.8, 4) is 0 Å². The Morgan fingerprint density at radius 2 is 2.14 bits per heavy atom. The van der Waals surface area contributed by atoms with Gasteiger partial charge >= 0.3 is 0 Å². The molecule has 1 heterocycles. The highest BCUT2D eigenvalue weighted by atomic mass is 16.1. The Morgan fingerprint density at radius 1 is 1.36 bits per heavy atom. The molecule has 0 radical (unpaired) electrons. The van der Waals surface area contributed by atoms with E-state index in [9.17, 15) is 9.59 Å². The molecule has 5 heteroatoms. The van der Waals surface area contributed by atoms with E-state index < -0.39 is 0 Å². The van der Waals surface area contributed by atoms with Crippen LogP contribution in [0.15, 0.2) is 24.5 Å². The lowest BCUT2D eigenvalue weighted by Crippen LogP contribution is -2.13. The van der Waals surface area contributed by atoms with Gasteiger partial charge in [0, 0.05) is 17.4 Å². The van der Waals surface area contributed by atoms with E-state index in [0.29, 0.717) is 11.4 Å². The van der Waals surface area contributed by atoms with Gasteiger partial charge in [-0.2, -0.15) is 5.10 Å². The summed E-state index contributed by atoms with van der Waals surface area (Å²) in [4.78, 5) is 28.6. The smallest absolute Gasteiger partial charge is 0.170 e. The van der Waals surface area contributed by atoms with Gasteiger partial charge in [0.1, 0.15) is 17.9 Å². The second-order valence-corrected chi connectivity index (χ2v) is 6.02. The van der Waals surface area contributed by atoms with Crippen molar-refractivity contribution < 1.29 is 9.59 Å². The van der Waals surface area contributed by atoms with Gasteiger partial charge in [0.25, 0.3) is 0 Å². The van der Waals surface area contributed by atoms with Crippen LogP contribution in [0.1, 0.15) is 59.4 Å². The summed E-state index contributed by atoms with van der Waals surface area (Å²) in [7, 11) is 0. The van der Waals surface area contributed by atoms with E-state index in [1.165, 1.54) is 6.33 Å². The lowest BCUT2D eigenvalue weighted by molar-refractivity contribution is -0.119. The lowest BCUT2D eigenvalue weighted by Gasteiger charge is -2.14. The molecule has 0 saturated heterocycles. The molecule has 5 nitrogen and oxygen atoms in total. The summed E-state index contributed by atoms with van der Waals surface area (Å²) in [5, 5.41) is 6.72. The number of benzene rings is 1. The van der Waals surface area contributed by atoms with Gasteiger partial charge in [-0.05, 0) is 25.3 Å². The Labute approximate surface area is 129 Å². The SMILES string of the molecule is Cc1ccc(C(=O)CC(=O)C2CC2)c(C(C)c2ncn[nH]2)c1. The van der Waals surface area contributed by atoms with E-state index >= 15 is 0 Å². The standard InChI is InChI=1S/C17H19N3O2/c1-10-3-6-13(16(22)8-15(21)12-4-5-12)14(7-10)11(2)17-18-9-19-20-17/h3,6-7,9,11-12H,4-5,8H2,1-2H3,(H,18,19,20). The Morgan fingerprint density at radius 3 is 2.77 bits per heavy atom. The van der Waals surface area contributed by atoms with E-state index in [2.05, 4.69) is 15.2 Å². The molecule has 1 fully saturated rings. The summed E-state index contributed by atoms with van der Waals surface area (Å²) in [6, 6.07) is 5.72. The maximum absolute atomic E-state index is 12.5. The Hall–Kier alpha value is -2.30. The van der Waals surface area contributed by atoms with Gasteiger partial charge in [-0.15, -0.1) is 0 Å². The molecule has 3 rings (SSSR count). The molecule has 1 aliphatic rings. The Kier molecular flexibility index (Phi) is 3.88. The summed E-state index contributed by atoms with van der Waals surface area (Å²) in [6.45, 7) is 3.97. The molecule has 22 heavy (non-hydrogen) atoms. The number of ketones is 2. The number of aryl methyl sites for hydroxylation is 1. The highest BCUT2D eigenvalue weighted by Crippen LogP contribution is 2.32. The van der Waals surface area contributed by atoms with E-state index in [0.717, 1.165) is 24.0 Å². The molecule has 2 aromatic rings. The zero-order valence-electron chi connectivity index (χ0n) is 12.8. The first-order valence-electron chi connectivity index (χ1n) is 7.58. The lowest BCUT2D eigenvalue weighted by atomic mass is 9.90. The van der Waals surface area contributed by atoms with Crippen molar-refractivity contribution in [2.75, 3.05) is 0 Å². The van der Waals surface area contributed by atoms with Gasteiger partial charge < -0.3 is 0 Å². The third-order valence-electron chi connectivity index (χ3n) is 4.19. The fourth-order valence-corrected chi connectivity index (χ4v) is 2.67. The molecule has 1 saturated carbocycles. The van der Waals surface area contributed by atoms with Crippen molar-refractivity contribution in [1.82, 2.24) is 15.2 Å². The number of hydrogen-bond donors (Lipinski definition) is 1. The number of hydrogen-bond acceptors (Lipinski definition) is 4. The van der Waals surface area contributed by atoms with Crippen molar-refractivity contribution >= 4 is 11.6 Å². The number of nitrogens with one attached hydrogen (secondary N) is 1. The molecule has 0 amide bonds. The molecule has 1 aromatic carbocycles. The number of nitrogens with zero attached hydrogens (tertiary/aromatic N) is 2. The number of Topliss-reactive ketones (excluding diaryl/α,β-unsaturated/α-hetero) is 2. The van der Waals surface area contributed by atoms with E-state index in [1.54, 1.807) is 0 Å². The maximum atomic E-state index is 12.5. The second kappa shape index (κ2) is 5.83. The van der Waals surface area contributed by atoms with Crippen molar-refractivity contribution in [2.24, 2.45) is 5.92 Å². The van der Waals surface area contributed by atoms with Crippen LogP contribution < -0.4 is 0 Å². The first-order chi connectivity index (χ1) is 10.6. The topological polar surface area (TPSA) is 75.7 Å². The van der Waals surface area contributed by atoms with Crippen molar-refractivity contribution in [3.63, 3.8) is 0 Å². The molecule has 114 valence electrons. The van der Waals surface area contributed by atoms with Crippen LogP contribution in [0.25, 0.3) is 0 Å². The Balaban J connectivity index is 1.90. The van der Waals surface area contributed by atoms with Crippen molar-refractivity contribution in [2.45, 2.75) is 39.0 Å². The first kappa shape index (κ1) is 14.6. The number of carbonyl (C=O) groups is 2. The number of aromatic amines is 1. The van der Waals surface area contributed by atoms with Crippen LogP contribution in [0.2, 0.25) is 0 Å². The van der Waals surface area contributed by atoms with Gasteiger partial charge in [-0.3, -0.25) is 14.7 Å². The predicted octanol–water partition coefficient (Wildman–Crippen LogP) is 2.82. The van der Waals surface area contributed by atoms with Crippen LogP contribution in [-0.4, -0.2) is 26.7 Å². The zero-order chi connectivity index (χ0) is 15.7. The minimum atomic E-state index is -0.0988. The minimum Gasteiger partial charge on any atom is -0.299 e. The molecule has 0 aliphatic heterocycles. The first-order valence-corrected chi connectivity index (χ1v) is 7.58. The molecule has 1 aliphatic carbocycles. The summed E-state index contributed by atoms with van der Waals surface area (Å²) in [5.41, 5.74) is 2.58. The van der Waals surface area contributed by atoms with Crippen LogP contribution >= 0.6 is 0 Å². The molecular formula is C17H19N3O2.